The highest BCUT2D eigenvalue weighted by atomic mass is 35.5. The summed E-state index contributed by atoms with van der Waals surface area (Å²) in [6.07, 6.45) is 2.87. The average molecular weight is 332 g/mol. The second-order valence-corrected chi connectivity index (χ2v) is 7.50. The Morgan fingerprint density at radius 2 is 2.09 bits per heavy atom. The van der Waals surface area contributed by atoms with E-state index in [-0.39, 0.29) is 11.2 Å². The SMILES string of the molecule is CC(C)(C)c1ncc2c(n1)CCN(Cc1cccc(O)c1Cl)C2. The summed E-state index contributed by atoms with van der Waals surface area (Å²) in [6, 6.07) is 5.39. The summed E-state index contributed by atoms with van der Waals surface area (Å²) >= 11 is 6.18. The lowest BCUT2D eigenvalue weighted by Gasteiger charge is -2.29. The second kappa shape index (κ2) is 6.10. The molecule has 2 aromatic rings. The molecule has 0 aliphatic carbocycles. The van der Waals surface area contributed by atoms with Crippen LogP contribution in [-0.4, -0.2) is 26.5 Å². The van der Waals surface area contributed by atoms with Crippen molar-refractivity contribution in [3.63, 3.8) is 0 Å². The van der Waals surface area contributed by atoms with Crippen LogP contribution in [0.25, 0.3) is 0 Å². The number of halogens is 1. The Morgan fingerprint density at radius 1 is 1.30 bits per heavy atom. The first-order valence-electron chi connectivity index (χ1n) is 7.88. The fraction of sp³-hybridized carbons (Fsp3) is 0.444. The van der Waals surface area contributed by atoms with Crippen molar-refractivity contribution in [1.29, 1.82) is 0 Å². The lowest BCUT2D eigenvalue weighted by atomic mass is 9.95. The molecule has 0 saturated carbocycles. The van der Waals surface area contributed by atoms with E-state index in [1.165, 1.54) is 5.56 Å². The third-order valence-corrected chi connectivity index (χ3v) is 4.57. The zero-order valence-electron chi connectivity index (χ0n) is 13.8. The maximum absolute atomic E-state index is 9.72. The zero-order valence-corrected chi connectivity index (χ0v) is 14.6. The maximum atomic E-state index is 9.72. The highest BCUT2D eigenvalue weighted by Gasteiger charge is 2.23. The summed E-state index contributed by atoms with van der Waals surface area (Å²) in [6.45, 7) is 8.86. The molecule has 0 bridgehead atoms. The van der Waals surface area contributed by atoms with Crippen LogP contribution in [0.1, 0.15) is 43.4 Å². The van der Waals surface area contributed by atoms with Crippen molar-refractivity contribution in [3.05, 3.63) is 52.1 Å². The Hall–Kier alpha value is -1.65. The Kier molecular flexibility index (Phi) is 4.30. The second-order valence-electron chi connectivity index (χ2n) is 7.13. The minimum absolute atomic E-state index is 0.0265. The number of phenolic OH excluding ortho intramolecular Hbond substituents is 1. The van der Waals surface area contributed by atoms with Crippen molar-refractivity contribution in [2.24, 2.45) is 0 Å². The van der Waals surface area contributed by atoms with Crippen LogP contribution in [0.2, 0.25) is 5.02 Å². The van der Waals surface area contributed by atoms with Crippen LogP contribution in [0.5, 0.6) is 5.75 Å². The predicted octanol–water partition coefficient (Wildman–Crippen LogP) is 3.69. The molecule has 1 aliphatic heterocycles. The van der Waals surface area contributed by atoms with Crippen molar-refractivity contribution < 1.29 is 5.11 Å². The fourth-order valence-electron chi connectivity index (χ4n) is 2.80. The van der Waals surface area contributed by atoms with Gasteiger partial charge >= 0.3 is 0 Å². The number of aromatic nitrogens is 2. The number of nitrogens with zero attached hydrogens (tertiary/aromatic N) is 3. The Morgan fingerprint density at radius 3 is 2.83 bits per heavy atom. The standard InChI is InChI=1S/C18H22ClN3O/c1-18(2,3)17-20-9-13-11-22(8-7-14(13)21-17)10-12-5-4-6-15(23)16(12)19/h4-6,9,23H,7-8,10-11H2,1-3H3. The lowest BCUT2D eigenvalue weighted by Crippen LogP contribution is -2.32. The molecule has 1 aromatic carbocycles. The number of hydrogen-bond donors (Lipinski definition) is 1. The van der Waals surface area contributed by atoms with Crippen LogP contribution in [-0.2, 0) is 24.9 Å². The fourth-order valence-corrected chi connectivity index (χ4v) is 2.99. The largest absolute Gasteiger partial charge is 0.506 e. The van der Waals surface area contributed by atoms with Gasteiger partial charge in [-0.05, 0) is 11.6 Å². The monoisotopic (exact) mass is 331 g/mol. The molecule has 5 heteroatoms. The van der Waals surface area contributed by atoms with Gasteiger partial charge in [-0.3, -0.25) is 4.90 Å². The molecule has 1 N–H and O–H groups in total. The highest BCUT2D eigenvalue weighted by molar-refractivity contribution is 6.32. The Bertz CT molecular complexity index is 725. The molecule has 0 atom stereocenters. The third kappa shape index (κ3) is 3.48. The van der Waals surface area contributed by atoms with Crippen LogP contribution >= 0.6 is 11.6 Å². The number of fused-ring (bicyclic) bond motifs is 1. The van der Waals surface area contributed by atoms with E-state index in [9.17, 15) is 5.11 Å². The van der Waals surface area contributed by atoms with E-state index in [1.807, 2.05) is 18.3 Å². The minimum Gasteiger partial charge on any atom is -0.506 e. The molecular weight excluding hydrogens is 310 g/mol. The number of rotatable bonds is 2. The van der Waals surface area contributed by atoms with Crippen molar-refractivity contribution >= 4 is 11.6 Å². The molecular formula is C18H22ClN3O. The molecule has 0 unspecified atom stereocenters. The lowest BCUT2D eigenvalue weighted by molar-refractivity contribution is 0.242. The van der Waals surface area contributed by atoms with Gasteiger partial charge in [-0.25, -0.2) is 9.97 Å². The van der Waals surface area contributed by atoms with Gasteiger partial charge in [0, 0.05) is 48.9 Å². The average Bonchev–Trinajstić information content (AvgIpc) is 2.50. The summed E-state index contributed by atoms with van der Waals surface area (Å²) in [5.41, 5.74) is 3.26. The molecule has 0 saturated heterocycles. The topological polar surface area (TPSA) is 49.2 Å². The number of phenols is 1. The van der Waals surface area contributed by atoms with E-state index in [1.54, 1.807) is 6.07 Å². The Labute approximate surface area is 142 Å². The normalized spacial score (nSPS) is 15.5. The quantitative estimate of drug-likeness (QED) is 0.911. The zero-order chi connectivity index (χ0) is 16.6. The maximum Gasteiger partial charge on any atom is 0.134 e. The molecule has 0 spiro atoms. The smallest absolute Gasteiger partial charge is 0.134 e. The van der Waals surface area contributed by atoms with Gasteiger partial charge < -0.3 is 5.11 Å². The highest BCUT2D eigenvalue weighted by Crippen LogP contribution is 2.29. The van der Waals surface area contributed by atoms with Gasteiger partial charge in [-0.1, -0.05) is 44.5 Å². The molecule has 2 heterocycles. The number of hydrogen-bond acceptors (Lipinski definition) is 4. The van der Waals surface area contributed by atoms with Gasteiger partial charge in [-0.15, -0.1) is 0 Å². The third-order valence-electron chi connectivity index (χ3n) is 4.14. The van der Waals surface area contributed by atoms with Gasteiger partial charge in [0.2, 0.25) is 0 Å². The first kappa shape index (κ1) is 16.2. The van der Waals surface area contributed by atoms with Crippen LogP contribution in [0.4, 0.5) is 0 Å². The van der Waals surface area contributed by atoms with E-state index in [0.29, 0.717) is 11.6 Å². The van der Waals surface area contributed by atoms with Gasteiger partial charge in [0.15, 0.2) is 0 Å². The summed E-state index contributed by atoms with van der Waals surface area (Å²) < 4.78 is 0. The molecule has 3 rings (SSSR count). The summed E-state index contributed by atoms with van der Waals surface area (Å²) in [7, 11) is 0. The van der Waals surface area contributed by atoms with Crippen molar-refractivity contribution in [2.75, 3.05) is 6.54 Å². The molecule has 122 valence electrons. The van der Waals surface area contributed by atoms with E-state index in [0.717, 1.165) is 36.6 Å². The van der Waals surface area contributed by atoms with Crippen molar-refractivity contribution in [2.45, 2.75) is 45.7 Å². The Balaban J connectivity index is 1.77. The molecule has 0 fully saturated rings. The number of aromatic hydroxyl groups is 1. The van der Waals surface area contributed by atoms with E-state index in [2.05, 4.69) is 30.7 Å². The summed E-state index contributed by atoms with van der Waals surface area (Å²) in [5.74, 6) is 1.04. The molecule has 0 radical (unpaired) electrons. The van der Waals surface area contributed by atoms with E-state index >= 15 is 0 Å². The van der Waals surface area contributed by atoms with E-state index < -0.39 is 0 Å². The molecule has 1 aliphatic rings. The molecule has 1 aromatic heterocycles. The first-order chi connectivity index (χ1) is 10.8. The van der Waals surface area contributed by atoms with Gasteiger partial charge in [0.05, 0.1) is 5.02 Å². The van der Waals surface area contributed by atoms with Gasteiger partial charge in [-0.2, -0.15) is 0 Å². The first-order valence-corrected chi connectivity index (χ1v) is 8.26. The van der Waals surface area contributed by atoms with Crippen LogP contribution in [0, 0.1) is 0 Å². The van der Waals surface area contributed by atoms with Crippen LogP contribution < -0.4 is 0 Å². The minimum atomic E-state index is -0.0265. The van der Waals surface area contributed by atoms with Gasteiger partial charge in [0.1, 0.15) is 11.6 Å². The van der Waals surface area contributed by atoms with E-state index in [4.69, 9.17) is 16.6 Å². The van der Waals surface area contributed by atoms with Crippen molar-refractivity contribution in [1.82, 2.24) is 14.9 Å². The van der Waals surface area contributed by atoms with Crippen molar-refractivity contribution in [3.8, 4) is 5.75 Å². The van der Waals surface area contributed by atoms with Gasteiger partial charge in [0.25, 0.3) is 0 Å². The predicted molar refractivity (Wildman–Crippen MR) is 91.7 cm³/mol. The molecule has 0 amide bonds. The summed E-state index contributed by atoms with van der Waals surface area (Å²) in [5, 5.41) is 10.2. The molecule has 4 nitrogen and oxygen atoms in total. The van der Waals surface area contributed by atoms with Crippen LogP contribution in [0.15, 0.2) is 24.4 Å². The number of benzene rings is 1. The summed E-state index contributed by atoms with van der Waals surface area (Å²) in [4.78, 5) is 11.6. The van der Waals surface area contributed by atoms with Crippen LogP contribution in [0.3, 0.4) is 0 Å². The molecule has 23 heavy (non-hydrogen) atoms.